The third kappa shape index (κ3) is 5.86. The van der Waals surface area contributed by atoms with Gasteiger partial charge in [-0.15, -0.1) is 0 Å². The Morgan fingerprint density at radius 1 is 1.06 bits per heavy atom. The number of hydrogen-bond acceptors (Lipinski definition) is 7. The van der Waals surface area contributed by atoms with Crippen LogP contribution in [0.25, 0.3) is 44.2 Å². The number of aromatic nitrogens is 4. The van der Waals surface area contributed by atoms with Gasteiger partial charge in [-0.3, -0.25) is 9.80 Å². The van der Waals surface area contributed by atoms with Crippen LogP contribution in [0.3, 0.4) is 0 Å². The lowest BCUT2D eigenvalue weighted by atomic mass is 9.71. The molecule has 3 aliphatic heterocycles. The van der Waals surface area contributed by atoms with E-state index in [4.69, 9.17) is 24.2 Å². The smallest absolute Gasteiger partial charge is 0.410 e. The van der Waals surface area contributed by atoms with Gasteiger partial charge in [-0.25, -0.2) is 19.6 Å². The van der Waals surface area contributed by atoms with Gasteiger partial charge < -0.3 is 29.3 Å². The van der Waals surface area contributed by atoms with E-state index in [1.54, 1.807) is 16.9 Å². The van der Waals surface area contributed by atoms with Crippen molar-refractivity contribution in [1.29, 1.82) is 0 Å². The monoisotopic (exact) mass is 734 g/mol. The fourth-order valence-corrected chi connectivity index (χ4v) is 9.10. The summed E-state index contributed by atoms with van der Waals surface area (Å²) in [4.78, 5) is 46.2. The second-order valence-corrected chi connectivity index (χ2v) is 17.3. The number of nitrogens with one attached hydrogen (secondary N) is 2. The molecule has 0 saturated carbocycles. The molecule has 284 valence electrons. The van der Waals surface area contributed by atoms with E-state index in [0.717, 1.165) is 74.2 Å². The number of benzene rings is 3. The van der Waals surface area contributed by atoms with E-state index in [2.05, 4.69) is 67.1 Å². The van der Waals surface area contributed by atoms with Gasteiger partial charge in [-0.1, -0.05) is 39.0 Å². The topological polar surface area (TPSA) is 146 Å². The first-order valence-corrected chi connectivity index (χ1v) is 18.9. The number of methoxy groups -OCH3 is 1. The molecule has 5 heterocycles. The molecule has 2 fully saturated rings. The number of hydrogen-bond donors (Lipinski definition) is 3. The molecule has 2 aromatic heterocycles. The Labute approximate surface area is 315 Å². The minimum atomic E-state index is -0.923. The lowest BCUT2D eigenvalue weighted by Gasteiger charge is -2.46. The minimum Gasteiger partial charge on any atom is -0.488 e. The molecule has 54 heavy (non-hydrogen) atoms. The molecule has 2 amide bonds. The fourth-order valence-electron chi connectivity index (χ4n) is 9.10. The lowest BCUT2D eigenvalue weighted by Crippen LogP contribution is -2.55. The molecular weight excluding hydrogens is 684 g/mol. The summed E-state index contributed by atoms with van der Waals surface area (Å²) >= 11 is 0. The van der Waals surface area contributed by atoms with Crippen LogP contribution in [0.5, 0.6) is 5.75 Å². The number of carbonyl (C=O) groups excluding carboxylic acids is 1. The zero-order valence-corrected chi connectivity index (χ0v) is 32.4. The molecule has 12 heteroatoms. The van der Waals surface area contributed by atoms with Crippen LogP contribution >= 0.6 is 0 Å². The number of ether oxygens (including phenoxy) is 3. The Bertz CT molecular complexity index is 2280. The fraction of sp³-hybridized carbons (Fsp3) is 0.476. The number of imidazole rings is 2. The Balaban J connectivity index is 1.11. The van der Waals surface area contributed by atoms with E-state index in [1.807, 2.05) is 40.0 Å². The molecule has 5 aromatic rings. The van der Waals surface area contributed by atoms with Gasteiger partial charge in [-0.2, -0.15) is 0 Å². The highest BCUT2D eigenvalue weighted by Gasteiger charge is 2.57. The quantitative estimate of drug-likeness (QED) is 0.162. The van der Waals surface area contributed by atoms with Crippen molar-refractivity contribution in [2.24, 2.45) is 11.3 Å². The predicted octanol–water partition coefficient (Wildman–Crippen LogP) is 9.01. The van der Waals surface area contributed by atoms with Crippen LogP contribution in [-0.4, -0.2) is 78.9 Å². The van der Waals surface area contributed by atoms with Gasteiger partial charge in [0.15, 0.2) is 0 Å². The maximum atomic E-state index is 13.3. The summed E-state index contributed by atoms with van der Waals surface area (Å²) in [6, 6.07) is 14.4. The van der Waals surface area contributed by atoms with Crippen LogP contribution in [0.4, 0.5) is 9.59 Å². The third-order valence-corrected chi connectivity index (χ3v) is 11.6. The largest absolute Gasteiger partial charge is 0.488 e. The maximum absolute atomic E-state index is 13.3. The van der Waals surface area contributed by atoms with Gasteiger partial charge in [0.1, 0.15) is 35.1 Å². The molecule has 3 aromatic carbocycles. The first kappa shape index (κ1) is 35.9. The van der Waals surface area contributed by atoms with Crippen LogP contribution in [0.1, 0.15) is 91.0 Å². The minimum absolute atomic E-state index is 0.102. The Morgan fingerprint density at radius 3 is 2.57 bits per heavy atom. The van der Waals surface area contributed by atoms with E-state index < -0.39 is 17.2 Å². The summed E-state index contributed by atoms with van der Waals surface area (Å²) in [5.74, 6) is 2.37. The summed E-state index contributed by atoms with van der Waals surface area (Å²) in [5, 5.41) is 12.3. The van der Waals surface area contributed by atoms with E-state index >= 15 is 0 Å². The van der Waals surface area contributed by atoms with Gasteiger partial charge in [0.05, 0.1) is 35.6 Å². The van der Waals surface area contributed by atoms with Crippen molar-refractivity contribution >= 4 is 34.0 Å². The van der Waals surface area contributed by atoms with E-state index in [-0.39, 0.29) is 29.5 Å². The van der Waals surface area contributed by atoms with E-state index in [1.165, 1.54) is 0 Å². The first-order chi connectivity index (χ1) is 25.6. The third-order valence-electron chi connectivity index (χ3n) is 11.6. The van der Waals surface area contributed by atoms with Crippen molar-refractivity contribution < 1.29 is 28.9 Å². The van der Waals surface area contributed by atoms with Gasteiger partial charge in [0.25, 0.3) is 0 Å². The first-order valence-electron chi connectivity index (χ1n) is 18.9. The summed E-state index contributed by atoms with van der Waals surface area (Å²) < 4.78 is 17.7. The highest BCUT2D eigenvalue weighted by molar-refractivity contribution is 6.07. The highest BCUT2D eigenvalue weighted by atomic mass is 16.6. The molecule has 3 aliphatic rings. The molecule has 12 nitrogen and oxygen atoms in total. The lowest BCUT2D eigenvalue weighted by molar-refractivity contribution is 0.00744. The average Bonchev–Trinajstić information content (AvgIpc) is 3.91. The summed E-state index contributed by atoms with van der Waals surface area (Å²) in [6.07, 6.45) is 2.74. The van der Waals surface area contributed by atoms with E-state index in [9.17, 15) is 14.7 Å². The van der Waals surface area contributed by atoms with Gasteiger partial charge >= 0.3 is 12.2 Å². The van der Waals surface area contributed by atoms with Crippen LogP contribution in [0, 0.1) is 11.3 Å². The van der Waals surface area contributed by atoms with Crippen molar-refractivity contribution in [2.75, 3.05) is 20.3 Å². The molecule has 0 spiro atoms. The number of nitrogens with zero attached hydrogens (tertiary/aromatic N) is 4. The van der Waals surface area contributed by atoms with Crippen molar-refractivity contribution in [3.05, 3.63) is 65.9 Å². The normalized spacial score (nSPS) is 22.8. The number of carbonyl (C=O) groups is 2. The number of amides is 2. The van der Waals surface area contributed by atoms with Crippen LogP contribution in [-0.2, 0) is 21.6 Å². The second-order valence-electron chi connectivity index (χ2n) is 17.3. The van der Waals surface area contributed by atoms with Crippen molar-refractivity contribution in [1.82, 2.24) is 29.7 Å². The highest BCUT2D eigenvalue weighted by Crippen LogP contribution is 2.53. The molecule has 0 aliphatic carbocycles. The predicted molar refractivity (Wildman–Crippen MR) is 206 cm³/mol. The molecule has 8 rings (SSSR count). The number of fused-ring (bicyclic) bond motifs is 6. The maximum Gasteiger partial charge on any atom is 0.410 e. The zero-order chi connectivity index (χ0) is 38.3. The number of H-pyrrole nitrogens is 2. The Hall–Kier alpha value is -5.10. The molecule has 4 atom stereocenters. The zero-order valence-electron chi connectivity index (χ0n) is 32.4. The summed E-state index contributed by atoms with van der Waals surface area (Å²) in [7, 11) is 1.68. The van der Waals surface area contributed by atoms with Crippen molar-refractivity contribution in [2.45, 2.75) is 97.6 Å². The van der Waals surface area contributed by atoms with Crippen LogP contribution < -0.4 is 4.74 Å². The number of rotatable bonds is 5. The molecule has 0 radical (unpaired) electrons. The van der Waals surface area contributed by atoms with Gasteiger partial charge in [0.2, 0.25) is 0 Å². The Kier molecular flexibility index (Phi) is 8.48. The number of likely N-dealkylation sites (tertiary alicyclic amines) is 2. The van der Waals surface area contributed by atoms with Crippen molar-refractivity contribution in [3.8, 4) is 28.1 Å². The van der Waals surface area contributed by atoms with Crippen molar-refractivity contribution in [3.63, 3.8) is 0 Å². The molecule has 2 saturated heterocycles. The van der Waals surface area contributed by atoms with Gasteiger partial charge in [0, 0.05) is 36.6 Å². The van der Waals surface area contributed by atoms with Crippen LogP contribution in [0.15, 0.2) is 48.7 Å². The standard InChI is InChI=1S/C42H50N6O6/c1-23-13-14-42(40(2,3)4,48(23)38(49)50)37-43-19-32(45-37)26-9-11-28-27(16-26)22-53-34-18-29-25(17-30(28)34)10-12-31-35(29)46-36(44-31)33-15-24(21-52-8)20-47(33)39(51)54-41(5,6)7/h9-12,16-19,23-24,33H,13-15,20-22H2,1-8H3,(H,43,45)(H,44,46)(H,49,50)/t23-,24-,33-,42+/m0/s1. The summed E-state index contributed by atoms with van der Waals surface area (Å²) in [5.41, 5.74) is 4.93. The number of aromatic amines is 2. The average molecular weight is 735 g/mol. The second kappa shape index (κ2) is 12.8. The van der Waals surface area contributed by atoms with Gasteiger partial charge in [-0.05, 0) is 98.7 Å². The molecule has 0 unspecified atom stereocenters. The number of carboxylic acid groups (broad SMARTS) is 1. The Morgan fingerprint density at radius 2 is 1.85 bits per heavy atom. The van der Waals surface area contributed by atoms with E-state index in [0.29, 0.717) is 32.0 Å². The molecular formula is C42H50N6O6. The summed E-state index contributed by atoms with van der Waals surface area (Å²) in [6.45, 7) is 15.4. The molecule has 3 N–H and O–H groups in total. The van der Waals surface area contributed by atoms with Crippen LogP contribution in [0.2, 0.25) is 0 Å². The molecule has 0 bridgehead atoms. The SMILES string of the molecule is COC[C@H]1C[C@@H](c2nc3ccc4cc5c(cc4c3[nH]2)OCc2cc(-c3cnc([C@@]4(C(C)(C)C)CC[C@H](C)N4C(=O)O)[nH]3)ccc2-5)N(C(=O)OC(C)(C)C)C1.